The van der Waals surface area contributed by atoms with E-state index in [4.69, 9.17) is 9.47 Å². The Balaban J connectivity index is 1.32. The van der Waals surface area contributed by atoms with Crippen LogP contribution >= 0.6 is 0 Å². The van der Waals surface area contributed by atoms with Crippen LogP contribution in [0.25, 0.3) is 0 Å². The summed E-state index contributed by atoms with van der Waals surface area (Å²) in [7, 11) is 3.19. The quantitative estimate of drug-likeness (QED) is 0.568. The van der Waals surface area contributed by atoms with Gasteiger partial charge in [0.1, 0.15) is 12.7 Å². The third-order valence-electron chi connectivity index (χ3n) is 7.26. The van der Waals surface area contributed by atoms with Gasteiger partial charge in [-0.25, -0.2) is 0 Å². The van der Waals surface area contributed by atoms with Crippen molar-refractivity contribution in [2.75, 3.05) is 32.2 Å². The summed E-state index contributed by atoms with van der Waals surface area (Å²) in [5.41, 5.74) is 4.39. The van der Waals surface area contributed by atoms with Gasteiger partial charge in [0.25, 0.3) is 11.8 Å². The standard InChI is InChI=1S/C28H25N3O5/c1-35-23-13-17-11-12-29(15-18(17)14-24(23)36-2)25(32)16-30-26-19-7-3-4-8-20(19)28(34)31(26)22-10-6-5-9-21(22)27(30)33/h3-10,13-14,26H,11-12,15-16H2,1-2H3/t26-/m1/s1. The largest absolute Gasteiger partial charge is 0.493 e. The SMILES string of the molecule is COc1cc2c(cc1OC)CN(C(=O)CN1C(=O)c3ccccc3N3C(=O)c4ccccc4[C@H]13)CC2. The zero-order valence-electron chi connectivity index (χ0n) is 20.1. The summed E-state index contributed by atoms with van der Waals surface area (Å²) in [6.07, 6.45) is 0.0243. The van der Waals surface area contributed by atoms with Crippen molar-refractivity contribution >= 4 is 23.4 Å². The molecule has 0 N–H and O–H groups in total. The van der Waals surface area contributed by atoms with Gasteiger partial charge < -0.3 is 19.3 Å². The molecule has 36 heavy (non-hydrogen) atoms. The molecule has 3 aromatic rings. The van der Waals surface area contributed by atoms with Crippen LogP contribution in [0.2, 0.25) is 0 Å². The van der Waals surface area contributed by atoms with Crippen molar-refractivity contribution in [3.8, 4) is 11.5 Å². The normalized spacial score (nSPS) is 17.8. The van der Waals surface area contributed by atoms with Gasteiger partial charge in [0.2, 0.25) is 5.91 Å². The maximum atomic E-state index is 13.6. The van der Waals surface area contributed by atoms with Crippen molar-refractivity contribution < 1.29 is 23.9 Å². The van der Waals surface area contributed by atoms with E-state index in [0.717, 1.165) is 16.7 Å². The van der Waals surface area contributed by atoms with Gasteiger partial charge in [0.15, 0.2) is 11.5 Å². The van der Waals surface area contributed by atoms with E-state index in [1.807, 2.05) is 36.4 Å². The van der Waals surface area contributed by atoms with Crippen LogP contribution in [0.1, 0.15) is 43.6 Å². The van der Waals surface area contributed by atoms with Gasteiger partial charge in [0, 0.05) is 24.2 Å². The van der Waals surface area contributed by atoms with Crippen LogP contribution in [-0.4, -0.2) is 54.8 Å². The van der Waals surface area contributed by atoms with E-state index in [1.54, 1.807) is 48.3 Å². The van der Waals surface area contributed by atoms with Gasteiger partial charge in [-0.2, -0.15) is 0 Å². The van der Waals surface area contributed by atoms with E-state index in [9.17, 15) is 14.4 Å². The molecule has 0 spiro atoms. The summed E-state index contributed by atoms with van der Waals surface area (Å²) in [5.74, 6) is 0.692. The fraction of sp³-hybridized carbons (Fsp3) is 0.250. The number of nitrogens with zero attached hydrogens (tertiary/aromatic N) is 3. The van der Waals surface area contributed by atoms with Crippen LogP contribution in [0, 0.1) is 0 Å². The van der Waals surface area contributed by atoms with Crippen molar-refractivity contribution in [2.24, 2.45) is 0 Å². The summed E-state index contributed by atoms with van der Waals surface area (Å²) in [4.78, 5) is 45.5. The second kappa shape index (κ2) is 8.41. The fourth-order valence-electron chi connectivity index (χ4n) is 5.48. The smallest absolute Gasteiger partial charge is 0.260 e. The highest BCUT2D eigenvalue weighted by molar-refractivity contribution is 6.17. The van der Waals surface area contributed by atoms with Crippen molar-refractivity contribution in [1.82, 2.24) is 9.80 Å². The van der Waals surface area contributed by atoms with E-state index in [-0.39, 0.29) is 24.3 Å². The number of carbonyl (C=O) groups is 3. The zero-order chi connectivity index (χ0) is 25.0. The summed E-state index contributed by atoms with van der Waals surface area (Å²) >= 11 is 0. The van der Waals surface area contributed by atoms with E-state index in [0.29, 0.717) is 47.8 Å². The Morgan fingerprint density at radius 2 is 1.56 bits per heavy atom. The van der Waals surface area contributed by atoms with Gasteiger partial charge in [-0.3, -0.25) is 19.3 Å². The molecule has 3 aromatic carbocycles. The Bertz CT molecular complexity index is 1420. The number of ether oxygens (including phenoxy) is 2. The highest BCUT2D eigenvalue weighted by Gasteiger charge is 2.48. The number of hydrogen-bond donors (Lipinski definition) is 0. The average molecular weight is 484 g/mol. The van der Waals surface area contributed by atoms with Gasteiger partial charge in [0.05, 0.1) is 25.5 Å². The van der Waals surface area contributed by atoms with Gasteiger partial charge in [-0.05, 0) is 47.9 Å². The molecule has 182 valence electrons. The van der Waals surface area contributed by atoms with E-state index >= 15 is 0 Å². The number of carbonyl (C=O) groups excluding carboxylic acids is 3. The molecular formula is C28H25N3O5. The van der Waals surface area contributed by atoms with Crippen molar-refractivity contribution in [3.05, 3.63) is 88.5 Å². The number of amides is 3. The molecule has 0 unspecified atom stereocenters. The lowest BCUT2D eigenvalue weighted by molar-refractivity contribution is -0.133. The summed E-state index contributed by atoms with van der Waals surface area (Å²) in [5, 5.41) is 0. The van der Waals surface area contributed by atoms with Crippen LogP contribution in [-0.2, 0) is 17.8 Å². The second-order valence-corrected chi connectivity index (χ2v) is 9.13. The Kier molecular flexibility index (Phi) is 5.17. The monoisotopic (exact) mass is 483 g/mol. The summed E-state index contributed by atoms with van der Waals surface area (Å²) in [6, 6.07) is 18.2. The first-order valence-electron chi connectivity index (χ1n) is 11.9. The van der Waals surface area contributed by atoms with Crippen LogP contribution in [0.15, 0.2) is 60.7 Å². The number of fused-ring (bicyclic) bond motifs is 6. The lowest BCUT2D eigenvalue weighted by Gasteiger charge is -2.41. The molecular weight excluding hydrogens is 458 g/mol. The first-order valence-corrected chi connectivity index (χ1v) is 11.9. The minimum Gasteiger partial charge on any atom is -0.493 e. The van der Waals surface area contributed by atoms with Crippen LogP contribution in [0.4, 0.5) is 5.69 Å². The molecule has 3 heterocycles. The molecule has 0 radical (unpaired) electrons. The third-order valence-corrected chi connectivity index (χ3v) is 7.26. The maximum Gasteiger partial charge on any atom is 0.260 e. The molecule has 0 aromatic heterocycles. The Morgan fingerprint density at radius 3 is 2.31 bits per heavy atom. The number of benzene rings is 3. The van der Waals surface area contributed by atoms with Crippen LogP contribution in [0.3, 0.4) is 0 Å². The molecule has 8 nitrogen and oxygen atoms in total. The average Bonchev–Trinajstić information content (AvgIpc) is 3.22. The van der Waals surface area contributed by atoms with Gasteiger partial charge >= 0.3 is 0 Å². The molecule has 3 aliphatic rings. The fourth-order valence-corrected chi connectivity index (χ4v) is 5.48. The third kappa shape index (κ3) is 3.25. The van der Waals surface area contributed by atoms with Gasteiger partial charge in [-0.1, -0.05) is 30.3 Å². The lowest BCUT2D eigenvalue weighted by Crippen LogP contribution is -2.52. The summed E-state index contributed by atoms with van der Waals surface area (Å²) < 4.78 is 10.9. The molecule has 3 aliphatic heterocycles. The number of anilines is 1. The Morgan fingerprint density at radius 1 is 0.889 bits per heavy atom. The Labute approximate surface area is 208 Å². The van der Waals surface area contributed by atoms with Crippen LogP contribution in [0.5, 0.6) is 11.5 Å². The minimum absolute atomic E-state index is 0.126. The minimum atomic E-state index is -0.651. The number of rotatable bonds is 4. The zero-order valence-corrected chi connectivity index (χ0v) is 20.1. The predicted molar refractivity (Wildman–Crippen MR) is 132 cm³/mol. The topological polar surface area (TPSA) is 79.4 Å². The molecule has 0 bridgehead atoms. The van der Waals surface area contributed by atoms with Crippen molar-refractivity contribution in [2.45, 2.75) is 19.1 Å². The maximum absolute atomic E-state index is 13.6. The molecule has 3 amide bonds. The lowest BCUT2D eigenvalue weighted by atomic mass is 9.98. The predicted octanol–water partition coefficient (Wildman–Crippen LogP) is 3.40. The molecule has 0 aliphatic carbocycles. The van der Waals surface area contributed by atoms with E-state index in [2.05, 4.69) is 0 Å². The Hall–Kier alpha value is -4.33. The molecule has 8 heteroatoms. The van der Waals surface area contributed by atoms with E-state index < -0.39 is 6.17 Å². The molecule has 0 fully saturated rings. The molecule has 0 saturated heterocycles. The molecule has 0 saturated carbocycles. The number of para-hydroxylation sites is 1. The number of methoxy groups -OCH3 is 2. The molecule has 6 rings (SSSR count). The molecule has 1 atom stereocenters. The van der Waals surface area contributed by atoms with Crippen LogP contribution < -0.4 is 14.4 Å². The highest BCUT2D eigenvalue weighted by Crippen LogP contribution is 2.45. The second-order valence-electron chi connectivity index (χ2n) is 9.13. The summed E-state index contributed by atoms with van der Waals surface area (Å²) in [6.45, 7) is 0.819. The van der Waals surface area contributed by atoms with Crippen molar-refractivity contribution in [1.29, 1.82) is 0 Å². The van der Waals surface area contributed by atoms with Gasteiger partial charge in [-0.15, -0.1) is 0 Å². The van der Waals surface area contributed by atoms with E-state index in [1.165, 1.54) is 4.90 Å². The number of hydrogen-bond acceptors (Lipinski definition) is 5. The first kappa shape index (κ1) is 22.2. The highest BCUT2D eigenvalue weighted by atomic mass is 16.5. The van der Waals surface area contributed by atoms with Crippen molar-refractivity contribution in [3.63, 3.8) is 0 Å². The first-order chi connectivity index (χ1) is 17.5.